The molecule has 0 aromatic rings. The van der Waals surface area contributed by atoms with Crippen molar-refractivity contribution in [1.82, 2.24) is 0 Å². The number of rotatable bonds is 0. The standard InChI is InChI=1S/3C2H5NO.Au/c3*1-2(3)4;/h3*1H3,(H2,3,4);/q;;;+3/p-3. The molecule has 13 heavy (non-hydrogen) atoms. The second kappa shape index (κ2) is 17.3. The molecule has 6 nitrogen and oxygen atoms in total. The Bertz CT molecular complexity index is 121. The Morgan fingerprint density at radius 3 is 0.692 bits per heavy atom. The maximum atomic E-state index is 9.11. The molecule has 0 atom stereocenters. The molecule has 0 aliphatic carbocycles. The fourth-order valence-electron chi connectivity index (χ4n) is 0. The zero-order chi connectivity index (χ0) is 10.7. The van der Waals surface area contributed by atoms with Gasteiger partial charge in [0, 0.05) is 17.7 Å². The molecule has 0 aliphatic heterocycles. The van der Waals surface area contributed by atoms with Crippen molar-refractivity contribution in [2.45, 2.75) is 20.8 Å². The van der Waals surface area contributed by atoms with Crippen molar-refractivity contribution in [3.8, 4) is 0 Å². The molecule has 0 fully saturated rings. The summed E-state index contributed by atoms with van der Waals surface area (Å²) in [6.45, 7) is 3.58. The van der Waals surface area contributed by atoms with E-state index in [0.717, 1.165) is 0 Å². The number of carbonyl (C=O) groups is 3. The zero-order valence-electron chi connectivity index (χ0n) is 7.53. The average Bonchev–Trinajstić information content (AvgIpc) is 1.54. The maximum absolute atomic E-state index is 9.11. The van der Waals surface area contributed by atoms with E-state index in [4.69, 9.17) is 31.6 Å². The van der Waals surface area contributed by atoms with Gasteiger partial charge in [0.15, 0.2) is 0 Å². The molecule has 7 heteroatoms. The van der Waals surface area contributed by atoms with E-state index in [2.05, 4.69) is 0 Å². The summed E-state index contributed by atoms with van der Waals surface area (Å²) in [7, 11) is 0. The van der Waals surface area contributed by atoms with Crippen LogP contribution in [0.4, 0.5) is 0 Å². The van der Waals surface area contributed by atoms with Gasteiger partial charge >= 0.3 is 22.4 Å². The van der Waals surface area contributed by atoms with Gasteiger partial charge in [-0.25, -0.2) is 0 Å². The van der Waals surface area contributed by atoms with Gasteiger partial charge in [-0.15, -0.1) is 0 Å². The van der Waals surface area contributed by atoms with Crippen molar-refractivity contribution in [2.75, 3.05) is 0 Å². The van der Waals surface area contributed by atoms with Gasteiger partial charge in [0.05, 0.1) is 0 Å². The van der Waals surface area contributed by atoms with Crippen LogP contribution in [0.15, 0.2) is 0 Å². The topological polar surface area (TPSA) is 123 Å². The predicted octanol–water partition coefficient (Wildman–Crippen LogP) is 1.75. The van der Waals surface area contributed by atoms with Gasteiger partial charge < -0.3 is 31.6 Å². The van der Waals surface area contributed by atoms with Crippen molar-refractivity contribution in [2.24, 2.45) is 0 Å². The summed E-state index contributed by atoms with van der Waals surface area (Å²) in [6, 6.07) is 0. The smallest absolute Gasteiger partial charge is 0.668 e. The van der Waals surface area contributed by atoms with E-state index in [1.165, 1.54) is 20.8 Å². The first-order chi connectivity index (χ1) is 5.20. The molecule has 0 bridgehead atoms. The van der Waals surface area contributed by atoms with Crippen molar-refractivity contribution in [3.63, 3.8) is 0 Å². The number of amides is 3. The van der Waals surface area contributed by atoms with Crippen LogP contribution in [0.3, 0.4) is 0 Å². The molecule has 3 N–H and O–H groups in total. The molecular formula is C6H12AuN3O3. The summed E-state index contributed by atoms with van der Waals surface area (Å²) in [6.07, 6.45) is 0. The first kappa shape index (κ1) is 22.7. The van der Waals surface area contributed by atoms with Crippen molar-refractivity contribution < 1.29 is 36.8 Å². The summed E-state index contributed by atoms with van der Waals surface area (Å²) in [5, 5.41) is 0. The first-order valence-corrected chi connectivity index (χ1v) is 2.86. The van der Waals surface area contributed by atoms with Crippen LogP contribution in [0.5, 0.6) is 0 Å². The molecule has 0 radical (unpaired) electrons. The third kappa shape index (κ3) is 1290. The molecule has 80 valence electrons. The molecule has 0 saturated heterocycles. The quantitative estimate of drug-likeness (QED) is 0.603. The minimum absolute atomic E-state index is 0. The summed E-state index contributed by atoms with van der Waals surface area (Å²) >= 11 is 0. The second-order valence-corrected chi connectivity index (χ2v) is 1.67. The van der Waals surface area contributed by atoms with Gasteiger partial charge in [0.2, 0.25) is 0 Å². The third-order valence-electron chi connectivity index (χ3n) is 0. The Kier molecular flexibility index (Phi) is 30.3. The minimum atomic E-state index is -0.583. The summed E-state index contributed by atoms with van der Waals surface area (Å²) in [5.74, 6) is -1.75. The van der Waals surface area contributed by atoms with E-state index >= 15 is 0 Å². The molecule has 0 rings (SSSR count). The van der Waals surface area contributed by atoms with Crippen LogP contribution in [0.1, 0.15) is 20.8 Å². The normalized spacial score (nSPS) is 5.77. The molecule has 0 aromatic heterocycles. The third-order valence-corrected chi connectivity index (χ3v) is 0. The van der Waals surface area contributed by atoms with Crippen LogP contribution in [-0.4, -0.2) is 17.7 Å². The van der Waals surface area contributed by atoms with E-state index in [0.29, 0.717) is 0 Å². The Balaban J connectivity index is -0.0000000450. The van der Waals surface area contributed by atoms with Gasteiger partial charge in [-0.2, -0.15) is 0 Å². The van der Waals surface area contributed by atoms with Gasteiger partial charge in [0.25, 0.3) is 0 Å². The number of hydrogen-bond acceptors (Lipinski definition) is 3. The molecule has 0 spiro atoms. The SMILES string of the molecule is CC([NH-])=O.CC([NH-])=O.CC([NH-])=O.[Au+3]. The van der Waals surface area contributed by atoms with Gasteiger partial charge in [-0.3, -0.25) is 0 Å². The zero-order valence-corrected chi connectivity index (χ0v) is 9.69. The predicted molar refractivity (Wildman–Crippen MR) is 45.0 cm³/mol. The maximum Gasteiger partial charge on any atom is 3.00 e. The molecule has 0 heterocycles. The van der Waals surface area contributed by atoms with Crippen molar-refractivity contribution in [3.05, 3.63) is 17.2 Å². The fourth-order valence-corrected chi connectivity index (χ4v) is 0. The van der Waals surface area contributed by atoms with Crippen LogP contribution in [0.2, 0.25) is 0 Å². The molecular weight excluding hydrogens is 359 g/mol. The van der Waals surface area contributed by atoms with Crippen LogP contribution in [0.25, 0.3) is 17.2 Å². The van der Waals surface area contributed by atoms with Gasteiger partial charge in [0.1, 0.15) is 0 Å². The van der Waals surface area contributed by atoms with E-state index in [9.17, 15) is 0 Å². The molecule has 0 unspecified atom stereocenters. The van der Waals surface area contributed by atoms with Crippen LogP contribution in [-0.2, 0) is 36.8 Å². The first-order valence-electron chi connectivity index (χ1n) is 2.86. The monoisotopic (exact) mass is 371 g/mol. The van der Waals surface area contributed by atoms with Crippen molar-refractivity contribution in [1.29, 1.82) is 0 Å². The Morgan fingerprint density at radius 1 is 0.692 bits per heavy atom. The van der Waals surface area contributed by atoms with E-state index in [1.54, 1.807) is 0 Å². The molecule has 0 aliphatic rings. The van der Waals surface area contributed by atoms with Crippen molar-refractivity contribution >= 4 is 17.7 Å². The van der Waals surface area contributed by atoms with Crippen LogP contribution >= 0.6 is 0 Å². The number of hydrogen-bond donors (Lipinski definition) is 0. The Hall–Kier alpha value is -0.850. The van der Waals surface area contributed by atoms with Gasteiger partial charge in [-0.05, 0) is 20.8 Å². The molecule has 0 saturated carbocycles. The number of carbonyl (C=O) groups excluding carboxylic acids is 3. The van der Waals surface area contributed by atoms with E-state index < -0.39 is 17.7 Å². The second-order valence-electron chi connectivity index (χ2n) is 1.67. The van der Waals surface area contributed by atoms with Crippen LogP contribution in [0, 0.1) is 0 Å². The fraction of sp³-hybridized carbons (Fsp3) is 0.500. The van der Waals surface area contributed by atoms with E-state index in [1.807, 2.05) is 0 Å². The summed E-state index contributed by atoms with van der Waals surface area (Å²) in [5.41, 5.74) is 17.8. The van der Waals surface area contributed by atoms with Gasteiger partial charge in [-0.1, -0.05) is 0 Å². The number of nitrogens with one attached hydrogen (secondary N) is 3. The Labute approximate surface area is 92.7 Å². The average molecular weight is 371 g/mol. The largest absolute Gasteiger partial charge is 3.00 e. The summed E-state index contributed by atoms with van der Waals surface area (Å²) < 4.78 is 0. The minimum Gasteiger partial charge on any atom is -0.668 e. The molecule has 3 amide bonds. The Morgan fingerprint density at radius 2 is 0.692 bits per heavy atom. The van der Waals surface area contributed by atoms with E-state index in [-0.39, 0.29) is 22.4 Å². The summed E-state index contributed by atoms with van der Waals surface area (Å²) in [4.78, 5) is 27.3. The molecule has 0 aromatic carbocycles. The van der Waals surface area contributed by atoms with Crippen LogP contribution < -0.4 is 0 Å².